The lowest BCUT2D eigenvalue weighted by atomic mass is 10.4. The summed E-state index contributed by atoms with van der Waals surface area (Å²) >= 11 is 1.31. The number of aryl methyl sites for hydroxylation is 1. The summed E-state index contributed by atoms with van der Waals surface area (Å²) in [5.41, 5.74) is 0.0774. The first kappa shape index (κ1) is 12.0. The fourth-order valence-corrected chi connectivity index (χ4v) is 3.47. The van der Waals surface area contributed by atoms with Crippen LogP contribution >= 0.6 is 11.3 Å². The normalized spacial score (nSPS) is 14.2. The van der Waals surface area contributed by atoms with Crippen molar-refractivity contribution < 1.29 is 13.5 Å². The second-order valence-corrected chi connectivity index (χ2v) is 6.89. The molecule has 0 aliphatic heterocycles. The van der Waals surface area contributed by atoms with E-state index in [-0.39, 0.29) is 5.69 Å². The molecule has 1 unspecified atom stereocenters. The van der Waals surface area contributed by atoms with E-state index in [9.17, 15) is 9.00 Å². The van der Waals surface area contributed by atoms with Crippen LogP contribution in [0.4, 0.5) is 0 Å². The fraction of sp³-hybridized carbons (Fsp3) is 0.200. The molecule has 1 atom stereocenters. The molecule has 17 heavy (non-hydrogen) atoms. The van der Waals surface area contributed by atoms with Crippen molar-refractivity contribution in [1.29, 1.82) is 0 Å². The van der Waals surface area contributed by atoms with Gasteiger partial charge in [0.15, 0.2) is 5.69 Å². The Bertz CT molecular complexity index is 649. The zero-order chi connectivity index (χ0) is 12.5. The van der Waals surface area contributed by atoms with E-state index in [0.717, 1.165) is 0 Å². The molecule has 0 spiro atoms. The summed E-state index contributed by atoms with van der Waals surface area (Å²) in [7, 11) is -2.69. The Kier molecular flexibility index (Phi) is 3.12. The van der Waals surface area contributed by atoms with Crippen molar-refractivity contribution in [1.82, 2.24) is 5.16 Å². The van der Waals surface area contributed by atoms with Crippen LogP contribution in [0.1, 0.15) is 16.2 Å². The number of thiophene rings is 1. The minimum absolute atomic E-state index is 0.0774. The Morgan fingerprint density at radius 1 is 1.59 bits per heavy atom. The summed E-state index contributed by atoms with van der Waals surface area (Å²) in [6, 6.07) is 4.93. The maximum absolute atomic E-state index is 12.2. The van der Waals surface area contributed by atoms with Gasteiger partial charge in [0.05, 0.1) is 13.9 Å². The van der Waals surface area contributed by atoms with Crippen LogP contribution in [0.15, 0.2) is 36.7 Å². The van der Waals surface area contributed by atoms with Crippen LogP contribution in [0.2, 0.25) is 0 Å². The van der Waals surface area contributed by atoms with E-state index in [1.165, 1.54) is 23.7 Å². The Morgan fingerprint density at radius 2 is 2.35 bits per heavy atom. The van der Waals surface area contributed by atoms with Crippen LogP contribution in [0.5, 0.6) is 0 Å². The van der Waals surface area contributed by atoms with Crippen molar-refractivity contribution in [3.05, 3.63) is 35.0 Å². The first-order valence-corrected chi connectivity index (χ1v) is 7.53. The maximum Gasteiger partial charge on any atom is 0.307 e. The minimum Gasteiger partial charge on any atom is -0.361 e. The van der Waals surface area contributed by atoms with Gasteiger partial charge in [0.2, 0.25) is 0 Å². The minimum atomic E-state index is -2.69. The summed E-state index contributed by atoms with van der Waals surface area (Å²) in [6.45, 7) is 1.67. The number of hydrogen-bond donors (Lipinski definition) is 0. The predicted octanol–water partition coefficient (Wildman–Crippen LogP) is 2.34. The van der Waals surface area contributed by atoms with Crippen LogP contribution in [0.25, 0.3) is 0 Å². The average Bonchev–Trinajstić information content (AvgIpc) is 2.86. The third-order valence-electron chi connectivity index (χ3n) is 1.97. The lowest BCUT2D eigenvalue weighted by Crippen LogP contribution is -2.02. The molecule has 1 amide bonds. The van der Waals surface area contributed by atoms with Crippen molar-refractivity contribution in [2.45, 2.75) is 11.1 Å². The molecule has 0 radical (unpaired) electrons. The second-order valence-electron chi connectivity index (χ2n) is 3.45. The molecule has 0 N–H and O–H groups in total. The Morgan fingerprint density at radius 3 is 2.88 bits per heavy atom. The van der Waals surface area contributed by atoms with Crippen LogP contribution in [-0.4, -0.2) is 21.5 Å². The van der Waals surface area contributed by atoms with Gasteiger partial charge in [-0.2, -0.15) is 4.36 Å². The van der Waals surface area contributed by atoms with Crippen LogP contribution in [-0.2, 0) is 9.73 Å². The lowest BCUT2D eigenvalue weighted by Gasteiger charge is -1.97. The number of rotatable bonds is 2. The molecule has 0 aromatic carbocycles. The summed E-state index contributed by atoms with van der Waals surface area (Å²) in [6.07, 6.45) is 1.43. The van der Waals surface area contributed by atoms with E-state index < -0.39 is 15.6 Å². The lowest BCUT2D eigenvalue weighted by molar-refractivity contribution is 0.0996. The van der Waals surface area contributed by atoms with Gasteiger partial charge in [-0.1, -0.05) is 11.2 Å². The Labute approximate surface area is 103 Å². The monoisotopic (exact) mass is 270 g/mol. The van der Waals surface area contributed by atoms with Crippen LogP contribution < -0.4 is 0 Å². The van der Waals surface area contributed by atoms with E-state index in [1.54, 1.807) is 24.4 Å². The highest BCUT2D eigenvalue weighted by atomic mass is 32.2. The summed E-state index contributed by atoms with van der Waals surface area (Å²) in [4.78, 5) is 11.7. The maximum atomic E-state index is 12.2. The highest BCUT2D eigenvalue weighted by Gasteiger charge is 2.14. The van der Waals surface area contributed by atoms with E-state index in [2.05, 4.69) is 9.52 Å². The van der Waals surface area contributed by atoms with E-state index in [4.69, 9.17) is 4.52 Å². The molecule has 2 aromatic heterocycles. The standard InChI is InChI=1S/C10H10N2O3S2/c1-7-6-8(11-15-7)10(13)12-17(2,14)9-4-3-5-16-9/h3-6H,1-2H3. The van der Waals surface area contributed by atoms with Gasteiger partial charge < -0.3 is 4.52 Å². The molecule has 0 fully saturated rings. The molecule has 90 valence electrons. The highest BCUT2D eigenvalue weighted by molar-refractivity contribution is 7.95. The van der Waals surface area contributed by atoms with Gasteiger partial charge in [-0.05, 0) is 18.4 Å². The van der Waals surface area contributed by atoms with Crippen molar-refractivity contribution in [3.8, 4) is 0 Å². The molecular weight excluding hydrogens is 260 g/mol. The van der Waals surface area contributed by atoms with Gasteiger partial charge in [0, 0.05) is 12.3 Å². The van der Waals surface area contributed by atoms with Crippen LogP contribution in [0.3, 0.4) is 0 Å². The largest absolute Gasteiger partial charge is 0.361 e. The summed E-state index contributed by atoms with van der Waals surface area (Å²) in [5, 5.41) is 5.33. The zero-order valence-electron chi connectivity index (χ0n) is 9.25. The van der Waals surface area contributed by atoms with Crippen LogP contribution in [0, 0.1) is 6.92 Å². The quantitative estimate of drug-likeness (QED) is 0.839. The topological polar surface area (TPSA) is 72.5 Å². The molecule has 7 heteroatoms. The molecule has 0 aliphatic carbocycles. The number of amides is 1. The molecule has 0 saturated carbocycles. The van der Waals surface area contributed by atoms with Gasteiger partial charge >= 0.3 is 5.91 Å². The SMILES string of the molecule is Cc1cc(C(=O)N=S(C)(=O)c2cccs2)no1. The average molecular weight is 270 g/mol. The predicted molar refractivity (Wildman–Crippen MR) is 64.6 cm³/mol. The van der Waals surface area contributed by atoms with Crippen molar-refractivity contribution in [2.24, 2.45) is 4.36 Å². The van der Waals surface area contributed by atoms with E-state index in [0.29, 0.717) is 9.97 Å². The fourth-order valence-electron chi connectivity index (χ4n) is 1.20. The second kappa shape index (κ2) is 4.42. The molecule has 2 heterocycles. The van der Waals surface area contributed by atoms with E-state index in [1.807, 2.05) is 0 Å². The number of nitrogens with zero attached hydrogens (tertiary/aromatic N) is 2. The molecule has 2 aromatic rings. The molecular formula is C10H10N2O3S2. The number of carbonyl (C=O) groups excluding carboxylic acids is 1. The van der Waals surface area contributed by atoms with Gasteiger partial charge in [-0.15, -0.1) is 11.3 Å². The third-order valence-corrected chi connectivity index (χ3v) is 5.25. The van der Waals surface area contributed by atoms with Crippen molar-refractivity contribution in [2.75, 3.05) is 6.26 Å². The van der Waals surface area contributed by atoms with Crippen molar-refractivity contribution >= 4 is 27.0 Å². The van der Waals surface area contributed by atoms with Gasteiger partial charge in [0.1, 0.15) is 5.76 Å². The smallest absolute Gasteiger partial charge is 0.307 e. The number of hydrogen-bond acceptors (Lipinski definition) is 5. The molecule has 0 saturated heterocycles. The molecule has 0 bridgehead atoms. The number of carbonyl (C=O) groups is 1. The van der Waals surface area contributed by atoms with Gasteiger partial charge in [-0.3, -0.25) is 4.79 Å². The molecule has 5 nitrogen and oxygen atoms in total. The van der Waals surface area contributed by atoms with E-state index >= 15 is 0 Å². The van der Waals surface area contributed by atoms with Gasteiger partial charge in [-0.25, -0.2) is 4.21 Å². The number of aromatic nitrogens is 1. The first-order valence-electron chi connectivity index (χ1n) is 4.72. The van der Waals surface area contributed by atoms with Gasteiger partial charge in [0.25, 0.3) is 0 Å². The first-order chi connectivity index (χ1) is 7.99. The Hall–Kier alpha value is -1.47. The molecule has 2 rings (SSSR count). The Balaban J connectivity index is 2.37. The molecule has 0 aliphatic rings. The third kappa shape index (κ3) is 2.62. The summed E-state index contributed by atoms with van der Waals surface area (Å²) in [5.74, 6) is -0.106. The highest BCUT2D eigenvalue weighted by Crippen LogP contribution is 2.18. The zero-order valence-corrected chi connectivity index (χ0v) is 10.9. The summed E-state index contributed by atoms with van der Waals surface area (Å²) < 4.78 is 21.3. The van der Waals surface area contributed by atoms with Crippen molar-refractivity contribution in [3.63, 3.8) is 0 Å².